The first kappa shape index (κ1) is 9.76. The van der Waals surface area contributed by atoms with Crippen LogP contribution >= 0.6 is 0 Å². The zero-order chi connectivity index (χ0) is 11.1. The number of hydrogen-bond donors (Lipinski definition) is 2. The summed E-state index contributed by atoms with van der Waals surface area (Å²) in [5, 5.41) is 10.9. The second kappa shape index (κ2) is 3.12. The average molecular weight is 206 g/mol. The van der Waals surface area contributed by atoms with Crippen LogP contribution in [-0.4, -0.2) is 15.4 Å². The molecule has 2 aromatic rings. The quantitative estimate of drug-likeness (QED) is 0.747. The van der Waals surface area contributed by atoms with Crippen LogP contribution in [0.25, 0.3) is 11.3 Å². The second-order valence-corrected chi connectivity index (χ2v) is 4.52. The van der Waals surface area contributed by atoms with Crippen molar-refractivity contribution in [1.82, 2.24) is 15.4 Å². The molecular weight excluding hydrogens is 192 g/mol. The Labute approximate surface area is 87.7 Å². The lowest BCUT2D eigenvalue weighted by Crippen LogP contribution is -2.13. The van der Waals surface area contributed by atoms with Gasteiger partial charge in [0.15, 0.2) is 0 Å². The van der Waals surface area contributed by atoms with Crippen molar-refractivity contribution in [2.24, 2.45) is 0 Å². The number of nitrogens with two attached hydrogens (primary N) is 1. The zero-order valence-corrected chi connectivity index (χ0v) is 9.03. The van der Waals surface area contributed by atoms with E-state index >= 15 is 0 Å². The number of rotatable bonds is 1. The highest BCUT2D eigenvalue weighted by Crippen LogP contribution is 2.30. The largest absolute Gasteiger partial charge is 0.368 e. The Morgan fingerprint density at radius 3 is 2.67 bits per heavy atom. The number of nitrogens with one attached hydrogen (secondary N) is 1. The Bertz CT molecular complexity index is 464. The fourth-order valence-corrected chi connectivity index (χ4v) is 1.47. The van der Waals surface area contributed by atoms with Gasteiger partial charge in [-0.3, -0.25) is 5.10 Å². The molecule has 2 aromatic heterocycles. The maximum atomic E-state index is 5.48. The first-order valence-electron chi connectivity index (χ1n) is 4.75. The van der Waals surface area contributed by atoms with Gasteiger partial charge in [-0.25, -0.2) is 0 Å². The van der Waals surface area contributed by atoms with E-state index in [1.54, 1.807) is 12.3 Å². The summed E-state index contributed by atoms with van der Waals surface area (Å²) < 4.78 is 4.84. The molecule has 0 unspecified atom stereocenters. The molecule has 0 aliphatic rings. The Morgan fingerprint density at radius 2 is 2.13 bits per heavy atom. The van der Waals surface area contributed by atoms with E-state index in [9.17, 15) is 0 Å². The molecule has 2 rings (SSSR count). The summed E-state index contributed by atoms with van der Waals surface area (Å²) in [5.41, 5.74) is 8.14. The summed E-state index contributed by atoms with van der Waals surface area (Å²) in [6.45, 7) is 6.31. The van der Waals surface area contributed by atoms with E-state index in [1.165, 1.54) is 0 Å². The van der Waals surface area contributed by atoms with Gasteiger partial charge in [-0.15, -0.1) is 0 Å². The zero-order valence-electron chi connectivity index (χ0n) is 9.03. The number of H-pyrrole nitrogens is 1. The Hall–Kier alpha value is -1.78. The van der Waals surface area contributed by atoms with Gasteiger partial charge in [0.05, 0.1) is 11.9 Å². The van der Waals surface area contributed by atoms with Gasteiger partial charge in [0.2, 0.25) is 5.88 Å². The Balaban J connectivity index is 2.50. The summed E-state index contributed by atoms with van der Waals surface area (Å²) in [4.78, 5) is 0. The van der Waals surface area contributed by atoms with Crippen LogP contribution < -0.4 is 5.73 Å². The van der Waals surface area contributed by atoms with Crippen LogP contribution in [0.2, 0.25) is 0 Å². The standard InChI is InChI=1S/C10H14N4O/c1-10(2,3)9-6(5-12-13-9)7-4-8(11)15-14-7/h4-5H,11H2,1-3H3,(H,12,13). The third kappa shape index (κ3) is 1.72. The molecule has 15 heavy (non-hydrogen) atoms. The fourth-order valence-electron chi connectivity index (χ4n) is 1.47. The van der Waals surface area contributed by atoms with Crippen LogP contribution in [0.3, 0.4) is 0 Å². The molecule has 5 nitrogen and oxygen atoms in total. The molecule has 0 bridgehead atoms. The molecule has 5 heteroatoms. The number of nitrogen functional groups attached to an aromatic ring is 1. The summed E-state index contributed by atoms with van der Waals surface area (Å²) >= 11 is 0. The fraction of sp³-hybridized carbons (Fsp3) is 0.400. The first-order valence-corrected chi connectivity index (χ1v) is 4.75. The second-order valence-electron chi connectivity index (χ2n) is 4.52. The van der Waals surface area contributed by atoms with Gasteiger partial charge in [-0.05, 0) is 0 Å². The molecule has 0 atom stereocenters. The lowest BCUT2D eigenvalue weighted by atomic mass is 9.89. The van der Waals surface area contributed by atoms with E-state index in [0.29, 0.717) is 11.6 Å². The van der Waals surface area contributed by atoms with Gasteiger partial charge in [0.25, 0.3) is 0 Å². The van der Waals surface area contributed by atoms with Crippen molar-refractivity contribution in [3.05, 3.63) is 18.0 Å². The monoisotopic (exact) mass is 206 g/mol. The van der Waals surface area contributed by atoms with E-state index < -0.39 is 0 Å². The predicted octanol–water partition coefficient (Wildman–Crippen LogP) is 1.94. The van der Waals surface area contributed by atoms with E-state index in [2.05, 4.69) is 36.1 Å². The molecule has 0 spiro atoms. The highest BCUT2D eigenvalue weighted by molar-refractivity contribution is 5.64. The molecule has 0 saturated carbocycles. The topological polar surface area (TPSA) is 80.7 Å². The predicted molar refractivity (Wildman–Crippen MR) is 57.2 cm³/mol. The van der Waals surface area contributed by atoms with Crippen molar-refractivity contribution in [1.29, 1.82) is 0 Å². The van der Waals surface area contributed by atoms with E-state index in [1.807, 2.05) is 0 Å². The normalized spacial score (nSPS) is 11.9. The van der Waals surface area contributed by atoms with Crippen molar-refractivity contribution in [3.8, 4) is 11.3 Å². The van der Waals surface area contributed by atoms with Gasteiger partial charge in [0.1, 0.15) is 5.69 Å². The minimum absolute atomic E-state index is 0.0143. The summed E-state index contributed by atoms with van der Waals surface area (Å²) in [5.74, 6) is 0.311. The molecule has 0 saturated heterocycles. The Morgan fingerprint density at radius 1 is 1.40 bits per heavy atom. The molecule has 0 fully saturated rings. The summed E-state index contributed by atoms with van der Waals surface area (Å²) in [7, 11) is 0. The van der Waals surface area contributed by atoms with Crippen LogP contribution in [0.1, 0.15) is 26.5 Å². The minimum atomic E-state index is -0.0143. The third-order valence-corrected chi connectivity index (χ3v) is 2.19. The summed E-state index contributed by atoms with van der Waals surface area (Å²) in [6.07, 6.45) is 1.73. The average Bonchev–Trinajstić information content (AvgIpc) is 2.68. The van der Waals surface area contributed by atoms with Crippen LogP contribution in [0.4, 0.5) is 5.88 Å². The van der Waals surface area contributed by atoms with Crippen LogP contribution in [0.15, 0.2) is 16.8 Å². The van der Waals surface area contributed by atoms with Crippen molar-refractivity contribution in [3.63, 3.8) is 0 Å². The lowest BCUT2D eigenvalue weighted by Gasteiger charge is -2.17. The van der Waals surface area contributed by atoms with Crippen molar-refractivity contribution >= 4 is 5.88 Å². The molecule has 80 valence electrons. The van der Waals surface area contributed by atoms with Crippen molar-refractivity contribution in [2.75, 3.05) is 5.73 Å². The van der Waals surface area contributed by atoms with Gasteiger partial charge in [-0.1, -0.05) is 25.9 Å². The maximum absolute atomic E-state index is 5.48. The van der Waals surface area contributed by atoms with Crippen LogP contribution in [0, 0.1) is 0 Å². The first-order chi connectivity index (χ1) is 6.98. The molecule has 3 N–H and O–H groups in total. The van der Waals surface area contributed by atoms with E-state index in [4.69, 9.17) is 10.3 Å². The molecule has 0 aliphatic carbocycles. The molecule has 2 heterocycles. The number of nitrogens with zero attached hydrogens (tertiary/aromatic N) is 2. The molecule has 0 aliphatic heterocycles. The number of aromatic amines is 1. The van der Waals surface area contributed by atoms with Gasteiger partial charge < -0.3 is 10.3 Å². The van der Waals surface area contributed by atoms with E-state index in [0.717, 1.165) is 11.3 Å². The third-order valence-electron chi connectivity index (χ3n) is 2.19. The van der Waals surface area contributed by atoms with Crippen LogP contribution in [-0.2, 0) is 5.41 Å². The van der Waals surface area contributed by atoms with Gasteiger partial charge in [0, 0.05) is 17.0 Å². The van der Waals surface area contributed by atoms with Gasteiger partial charge in [-0.2, -0.15) is 5.10 Å². The number of aromatic nitrogens is 3. The van der Waals surface area contributed by atoms with Crippen molar-refractivity contribution < 1.29 is 4.52 Å². The highest BCUT2D eigenvalue weighted by atomic mass is 16.5. The van der Waals surface area contributed by atoms with E-state index in [-0.39, 0.29) is 5.41 Å². The molecule has 0 aromatic carbocycles. The molecular formula is C10H14N4O. The highest BCUT2D eigenvalue weighted by Gasteiger charge is 2.22. The smallest absolute Gasteiger partial charge is 0.222 e. The van der Waals surface area contributed by atoms with Crippen LogP contribution in [0.5, 0.6) is 0 Å². The van der Waals surface area contributed by atoms with Crippen molar-refractivity contribution in [2.45, 2.75) is 26.2 Å². The maximum Gasteiger partial charge on any atom is 0.222 e. The summed E-state index contributed by atoms with van der Waals surface area (Å²) in [6, 6.07) is 1.69. The lowest BCUT2D eigenvalue weighted by molar-refractivity contribution is 0.439. The SMILES string of the molecule is CC(C)(C)c1[nH]ncc1-c1cc(N)on1. The minimum Gasteiger partial charge on any atom is -0.368 e. The number of hydrogen-bond acceptors (Lipinski definition) is 4. The Kier molecular flexibility index (Phi) is 2.03. The molecule has 0 amide bonds. The molecule has 0 radical (unpaired) electrons. The van der Waals surface area contributed by atoms with Gasteiger partial charge >= 0.3 is 0 Å². The number of anilines is 1.